The minimum Gasteiger partial charge on any atom is -0.180 e. The molecule has 15 nitrogen and oxygen atoms in total. The van der Waals surface area contributed by atoms with Crippen molar-refractivity contribution in [2.75, 3.05) is 99.1 Å². The summed E-state index contributed by atoms with van der Waals surface area (Å²) < 4.78 is 81.8. The van der Waals surface area contributed by atoms with E-state index in [-0.39, 0.29) is 17.1 Å². The fraction of sp³-hybridized carbons (Fsp3) is 1.00. The van der Waals surface area contributed by atoms with Gasteiger partial charge in [0, 0.05) is 17.1 Å². The molecule has 0 aromatic carbocycles. The zero-order valence-electron chi connectivity index (χ0n) is 45.2. The van der Waals surface area contributed by atoms with Gasteiger partial charge in [-0.2, -0.15) is 67.9 Å². The maximum Gasteiger partial charge on any atom is 0.397 e. The van der Waals surface area contributed by atoms with Crippen LogP contribution in [0.15, 0.2) is 0 Å². The van der Waals surface area contributed by atoms with E-state index in [1.807, 2.05) is 0 Å². The molecule has 0 rings (SSSR count). The van der Waals surface area contributed by atoms with E-state index in [9.17, 15) is 0 Å². The smallest absolute Gasteiger partial charge is 0.180 e. The van der Waals surface area contributed by atoms with Crippen LogP contribution in [0.2, 0.25) is 0 Å². The molecule has 0 N–H and O–H groups in total. The molecule has 66 heavy (non-hydrogen) atoms. The molecule has 0 aliphatic rings. The van der Waals surface area contributed by atoms with Gasteiger partial charge in [0.1, 0.15) is 0 Å². The molecular weight excluding hydrogens is 991 g/mol. The maximum absolute atomic E-state index is 5.45. The largest absolute Gasteiger partial charge is 0.397 e. The third-order valence-corrected chi connectivity index (χ3v) is 13.0. The zero-order valence-corrected chi connectivity index (χ0v) is 51.3. The number of hydrogen-bond acceptors (Lipinski definition) is 15. The molecule has 408 valence electrons. The van der Waals surface area contributed by atoms with Crippen LogP contribution in [-0.2, 0) is 84.9 Å². The van der Waals surface area contributed by atoms with Crippen molar-refractivity contribution in [3.05, 3.63) is 0 Å². The second-order valence-electron chi connectivity index (χ2n) is 14.0. The summed E-state index contributed by atoms with van der Waals surface area (Å²) in [5, 5.41) is 0. The van der Waals surface area contributed by atoms with E-state index < -0.39 is 43.0 Å². The van der Waals surface area contributed by atoms with Crippen LogP contribution in [0.1, 0.15) is 200 Å². The Morgan fingerprint density at radius 2 is 0.212 bits per heavy atom. The van der Waals surface area contributed by atoms with E-state index >= 15 is 0 Å². The Bertz CT molecular complexity index is 556. The van der Waals surface area contributed by atoms with E-state index in [1.54, 1.807) is 0 Å². The summed E-state index contributed by atoms with van der Waals surface area (Å²) in [6.45, 7) is 42.3. The van der Waals surface area contributed by atoms with Crippen LogP contribution < -0.4 is 0 Å². The Morgan fingerprint density at radius 3 is 0.258 bits per heavy atom. The first kappa shape index (κ1) is 79.5. The third kappa shape index (κ3) is 72.6. The molecule has 0 radical (unpaired) electrons. The monoisotopic (exact) mass is 1100 g/mol. The van der Waals surface area contributed by atoms with Gasteiger partial charge < -0.3 is 0 Å². The summed E-state index contributed by atoms with van der Waals surface area (Å²) in [5.41, 5.74) is 0. The van der Waals surface area contributed by atoms with Gasteiger partial charge in [0.15, 0.2) is 0 Å². The molecular formula is C45H110FeO15P5+5. The molecule has 0 amide bonds. The number of hydrogen-bond donors (Lipinski definition) is 0. The van der Waals surface area contributed by atoms with Gasteiger partial charge in [-0.3, -0.25) is 0 Å². The van der Waals surface area contributed by atoms with Crippen LogP contribution in [-0.4, -0.2) is 99.1 Å². The molecule has 21 heteroatoms. The Hall–Kier alpha value is 2.07. The van der Waals surface area contributed by atoms with Gasteiger partial charge in [-0.05, 0) is 96.3 Å². The molecule has 0 aromatic rings. The first-order valence-electron chi connectivity index (χ1n) is 25.5. The van der Waals surface area contributed by atoms with Crippen molar-refractivity contribution in [1.29, 1.82) is 0 Å². The molecule has 0 heterocycles. The van der Waals surface area contributed by atoms with Crippen LogP contribution in [0.25, 0.3) is 0 Å². The zero-order chi connectivity index (χ0) is 49.7. The maximum atomic E-state index is 5.45. The molecule has 0 spiro atoms. The van der Waals surface area contributed by atoms with Gasteiger partial charge in [-0.15, -0.1) is 0 Å². The van der Waals surface area contributed by atoms with E-state index in [0.29, 0.717) is 0 Å². The molecule has 0 saturated heterocycles. The topological polar surface area (TPSA) is 138 Å². The van der Waals surface area contributed by atoms with Crippen molar-refractivity contribution in [3.8, 4) is 0 Å². The molecule has 0 bridgehead atoms. The minimum atomic E-state index is -1.43. The second kappa shape index (κ2) is 76.0. The van der Waals surface area contributed by atoms with Crippen LogP contribution in [0, 0.1) is 0 Å². The summed E-state index contributed by atoms with van der Waals surface area (Å²) in [6.07, 6.45) is 15.2. The SMILES string of the molecule is CCCO[PH+](OCCC)OCCC.CCCO[PH+](OCCC)OCCC.CCCO[PH+](OCCC)OCCC.CCCO[PH+](OCCC)OCCC.CCCO[PH+](OCCC)OCCC.[Fe]. The molecule has 0 aliphatic heterocycles. The predicted molar refractivity (Wildman–Crippen MR) is 285 cm³/mol. The Morgan fingerprint density at radius 1 is 0.152 bits per heavy atom. The van der Waals surface area contributed by atoms with Crippen LogP contribution >= 0.6 is 43.0 Å². The van der Waals surface area contributed by atoms with Crippen molar-refractivity contribution >= 4 is 43.0 Å². The molecule has 0 atom stereocenters. The Kier molecular flexibility index (Phi) is 91.5. The van der Waals surface area contributed by atoms with Crippen LogP contribution in [0.3, 0.4) is 0 Å². The summed E-state index contributed by atoms with van der Waals surface area (Å²) in [7, 11) is -7.16. The van der Waals surface area contributed by atoms with E-state index in [2.05, 4.69) is 104 Å². The van der Waals surface area contributed by atoms with E-state index in [0.717, 1.165) is 195 Å². The molecule has 0 saturated carbocycles. The molecule has 0 fully saturated rings. The minimum absolute atomic E-state index is 0. The van der Waals surface area contributed by atoms with Gasteiger partial charge in [-0.1, -0.05) is 104 Å². The summed E-state index contributed by atoms with van der Waals surface area (Å²) in [6, 6.07) is 0. The van der Waals surface area contributed by atoms with Crippen molar-refractivity contribution < 1.29 is 84.9 Å². The normalized spacial score (nSPS) is 10.9. The Labute approximate surface area is 425 Å². The summed E-state index contributed by atoms with van der Waals surface area (Å²) in [4.78, 5) is 0. The second-order valence-corrected chi connectivity index (χ2v) is 20.8. The Balaban J connectivity index is -0.000000170. The fourth-order valence-electron chi connectivity index (χ4n) is 3.41. The van der Waals surface area contributed by atoms with Crippen molar-refractivity contribution in [2.45, 2.75) is 200 Å². The van der Waals surface area contributed by atoms with Crippen molar-refractivity contribution in [3.63, 3.8) is 0 Å². The van der Waals surface area contributed by atoms with Crippen LogP contribution in [0.5, 0.6) is 0 Å². The van der Waals surface area contributed by atoms with Gasteiger partial charge in [0.2, 0.25) is 0 Å². The molecule has 0 aromatic heterocycles. The summed E-state index contributed by atoms with van der Waals surface area (Å²) in [5.74, 6) is 0. The van der Waals surface area contributed by atoms with Gasteiger partial charge >= 0.3 is 43.0 Å². The fourth-order valence-corrected chi connectivity index (χ4v) is 10.2. The average Bonchev–Trinajstić information content (AvgIpc) is 3.33. The number of rotatable bonds is 45. The molecule has 0 aliphatic carbocycles. The molecule has 0 unspecified atom stereocenters. The van der Waals surface area contributed by atoms with Crippen molar-refractivity contribution in [2.24, 2.45) is 0 Å². The van der Waals surface area contributed by atoms with E-state index in [1.165, 1.54) is 0 Å². The average molecular weight is 1100 g/mol. The third-order valence-electron chi connectivity index (χ3n) is 6.36. The van der Waals surface area contributed by atoms with Gasteiger partial charge in [-0.25, -0.2) is 0 Å². The van der Waals surface area contributed by atoms with Crippen molar-refractivity contribution in [1.82, 2.24) is 0 Å². The van der Waals surface area contributed by atoms with E-state index in [4.69, 9.17) is 67.9 Å². The standard InChI is InChI=1S/5C9H22O3P.Fe/c5*1-4-7-10-13(11-8-5-2)12-9-6-3;/h5*13H,4-9H2,1-3H3;/q5*+1;. The predicted octanol–water partition coefficient (Wildman–Crippen LogP) is 16.1. The first-order valence-corrected chi connectivity index (χ1v) is 31.6. The van der Waals surface area contributed by atoms with Gasteiger partial charge in [0.25, 0.3) is 0 Å². The first-order chi connectivity index (χ1) is 31.7. The van der Waals surface area contributed by atoms with Crippen LogP contribution in [0.4, 0.5) is 0 Å². The quantitative estimate of drug-likeness (QED) is 0.0422. The summed E-state index contributed by atoms with van der Waals surface area (Å²) >= 11 is 0. The van der Waals surface area contributed by atoms with Gasteiger partial charge in [0.05, 0.1) is 99.1 Å².